The molecule has 0 saturated carbocycles. The predicted octanol–water partition coefficient (Wildman–Crippen LogP) is 3.28. The number of hydrogen-bond donors (Lipinski definition) is 0. The second-order valence-corrected chi connectivity index (χ2v) is 3.56. The van der Waals surface area contributed by atoms with Gasteiger partial charge in [0.1, 0.15) is 18.2 Å². The molecule has 0 unspecified atom stereocenters. The van der Waals surface area contributed by atoms with Gasteiger partial charge >= 0.3 is 0 Å². The van der Waals surface area contributed by atoms with Gasteiger partial charge in [0, 0.05) is 0 Å². The molecule has 2 rings (SSSR count). The van der Waals surface area contributed by atoms with E-state index < -0.39 is 5.82 Å². The second kappa shape index (κ2) is 5.13. The average Bonchev–Trinajstić information content (AvgIpc) is 2.37. The average molecular weight is 227 g/mol. The summed E-state index contributed by atoms with van der Waals surface area (Å²) in [5, 5.41) is 8.71. The number of rotatable bonds is 3. The van der Waals surface area contributed by atoms with E-state index in [1.807, 2.05) is 36.4 Å². The van der Waals surface area contributed by atoms with Gasteiger partial charge in [0.2, 0.25) is 0 Å². The topological polar surface area (TPSA) is 33.0 Å². The molecule has 0 heterocycles. The largest absolute Gasteiger partial charge is 0.489 e. The summed E-state index contributed by atoms with van der Waals surface area (Å²) in [6.45, 7) is 0.246. The van der Waals surface area contributed by atoms with Crippen molar-refractivity contribution < 1.29 is 9.13 Å². The van der Waals surface area contributed by atoms with E-state index in [1.54, 1.807) is 6.07 Å². The van der Waals surface area contributed by atoms with E-state index in [0.717, 1.165) is 5.75 Å². The lowest BCUT2D eigenvalue weighted by Crippen LogP contribution is -1.96. The first-order chi connectivity index (χ1) is 8.28. The molecule has 0 aromatic heterocycles. The number of hydrogen-bond acceptors (Lipinski definition) is 2. The maximum absolute atomic E-state index is 13.1. The van der Waals surface area contributed by atoms with Gasteiger partial charge in [-0.3, -0.25) is 0 Å². The molecular weight excluding hydrogens is 217 g/mol. The number of para-hydroxylation sites is 1. The van der Waals surface area contributed by atoms with Gasteiger partial charge < -0.3 is 4.74 Å². The lowest BCUT2D eigenvalue weighted by molar-refractivity contribution is 0.305. The Hall–Kier alpha value is -2.34. The van der Waals surface area contributed by atoms with Crippen LogP contribution in [-0.4, -0.2) is 0 Å². The van der Waals surface area contributed by atoms with Gasteiger partial charge in [-0.1, -0.05) is 18.2 Å². The van der Waals surface area contributed by atoms with Crippen molar-refractivity contribution in [1.29, 1.82) is 5.26 Å². The molecule has 0 radical (unpaired) electrons. The zero-order valence-electron chi connectivity index (χ0n) is 9.06. The van der Waals surface area contributed by atoms with E-state index in [2.05, 4.69) is 0 Å². The molecule has 0 aliphatic rings. The highest BCUT2D eigenvalue weighted by atomic mass is 19.1. The molecule has 84 valence electrons. The Morgan fingerprint density at radius 2 is 1.88 bits per heavy atom. The number of benzene rings is 2. The fraction of sp³-hybridized carbons (Fsp3) is 0.0714. The van der Waals surface area contributed by atoms with Crippen molar-refractivity contribution in [2.45, 2.75) is 6.61 Å². The maximum atomic E-state index is 13.1. The summed E-state index contributed by atoms with van der Waals surface area (Å²) >= 11 is 0. The van der Waals surface area contributed by atoms with E-state index in [9.17, 15) is 4.39 Å². The summed E-state index contributed by atoms with van der Waals surface area (Å²) in [5.41, 5.74) is 0.946. The SMILES string of the molecule is N#Cc1cc(F)cc(COc2ccccc2)c1. The minimum Gasteiger partial charge on any atom is -0.489 e. The van der Waals surface area contributed by atoms with Crippen LogP contribution in [0.25, 0.3) is 0 Å². The Balaban J connectivity index is 2.10. The van der Waals surface area contributed by atoms with Crippen molar-refractivity contribution in [1.82, 2.24) is 0 Å². The Bertz CT molecular complexity index is 546. The molecular formula is C14H10FNO. The lowest BCUT2D eigenvalue weighted by atomic mass is 10.1. The molecule has 0 N–H and O–H groups in total. The summed E-state index contributed by atoms with van der Waals surface area (Å²) in [6.07, 6.45) is 0. The summed E-state index contributed by atoms with van der Waals surface area (Å²) in [7, 11) is 0. The van der Waals surface area contributed by atoms with Crippen LogP contribution in [0.4, 0.5) is 4.39 Å². The first kappa shape index (κ1) is 11.2. The molecule has 0 aliphatic heterocycles. The van der Waals surface area contributed by atoms with Crippen LogP contribution in [0.15, 0.2) is 48.5 Å². The molecule has 2 aromatic rings. The fourth-order valence-electron chi connectivity index (χ4n) is 1.48. The summed E-state index contributed by atoms with van der Waals surface area (Å²) in [5.74, 6) is 0.297. The lowest BCUT2D eigenvalue weighted by Gasteiger charge is -2.06. The molecule has 17 heavy (non-hydrogen) atoms. The zero-order chi connectivity index (χ0) is 12.1. The quantitative estimate of drug-likeness (QED) is 0.806. The standard InChI is InChI=1S/C14H10FNO/c15-13-7-11(9-16)6-12(8-13)10-17-14-4-2-1-3-5-14/h1-8H,10H2. The van der Waals surface area contributed by atoms with Crippen molar-refractivity contribution in [3.05, 3.63) is 65.5 Å². The van der Waals surface area contributed by atoms with E-state index in [1.165, 1.54) is 12.1 Å². The first-order valence-corrected chi connectivity index (χ1v) is 5.15. The van der Waals surface area contributed by atoms with Crippen LogP contribution < -0.4 is 4.74 Å². The molecule has 2 nitrogen and oxygen atoms in total. The molecule has 0 saturated heterocycles. The minimum atomic E-state index is -0.421. The number of nitriles is 1. The summed E-state index contributed by atoms with van der Waals surface area (Å²) < 4.78 is 18.6. The number of ether oxygens (including phenoxy) is 1. The van der Waals surface area contributed by atoms with Crippen LogP contribution in [-0.2, 0) is 6.61 Å². The van der Waals surface area contributed by atoms with Crippen molar-refractivity contribution in [2.75, 3.05) is 0 Å². The smallest absolute Gasteiger partial charge is 0.124 e. The summed E-state index contributed by atoms with van der Waals surface area (Å²) in [4.78, 5) is 0. The molecule has 3 heteroatoms. The summed E-state index contributed by atoms with van der Waals surface area (Å²) in [6, 6.07) is 15.4. The Kier molecular flexibility index (Phi) is 3.37. The van der Waals surface area contributed by atoms with E-state index in [-0.39, 0.29) is 6.61 Å². The molecule has 0 bridgehead atoms. The highest BCUT2D eigenvalue weighted by molar-refractivity contribution is 5.33. The molecule has 0 fully saturated rings. The van der Waals surface area contributed by atoms with Crippen LogP contribution in [0, 0.1) is 17.1 Å². The van der Waals surface area contributed by atoms with E-state index in [0.29, 0.717) is 11.1 Å². The normalized spacial score (nSPS) is 9.65. The van der Waals surface area contributed by atoms with Crippen LogP contribution in [0.1, 0.15) is 11.1 Å². The molecule has 0 amide bonds. The van der Waals surface area contributed by atoms with Crippen molar-refractivity contribution in [2.24, 2.45) is 0 Å². The van der Waals surface area contributed by atoms with Crippen LogP contribution in [0.2, 0.25) is 0 Å². The third-order valence-corrected chi connectivity index (χ3v) is 2.24. The van der Waals surface area contributed by atoms with Gasteiger partial charge in [-0.2, -0.15) is 5.26 Å². The van der Waals surface area contributed by atoms with Gasteiger partial charge in [0.15, 0.2) is 0 Å². The highest BCUT2D eigenvalue weighted by Gasteiger charge is 2.01. The van der Waals surface area contributed by atoms with Crippen LogP contribution in [0.3, 0.4) is 0 Å². The highest BCUT2D eigenvalue weighted by Crippen LogP contribution is 2.13. The Morgan fingerprint density at radius 1 is 1.12 bits per heavy atom. The zero-order valence-corrected chi connectivity index (χ0v) is 9.06. The Labute approximate surface area is 98.9 Å². The van der Waals surface area contributed by atoms with Crippen molar-refractivity contribution in [3.8, 4) is 11.8 Å². The van der Waals surface area contributed by atoms with Crippen molar-refractivity contribution in [3.63, 3.8) is 0 Å². The monoisotopic (exact) mass is 227 g/mol. The maximum Gasteiger partial charge on any atom is 0.124 e. The molecule has 0 aliphatic carbocycles. The number of halogens is 1. The van der Waals surface area contributed by atoms with Gasteiger partial charge in [0.05, 0.1) is 11.6 Å². The molecule has 0 atom stereocenters. The minimum absolute atomic E-state index is 0.246. The molecule has 2 aromatic carbocycles. The Morgan fingerprint density at radius 3 is 2.59 bits per heavy atom. The van der Waals surface area contributed by atoms with E-state index >= 15 is 0 Å². The number of nitrogens with zero attached hydrogens (tertiary/aromatic N) is 1. The van der Waals surface area contributed by atoms with Crippen molar-refractivity contribution >= 4 is 0 Å². The van der Waals surface area contributed by atoms with Crippen LogP contribution >= 0.6 is 0 Å². The predicted molar refractivity (Wildman–Crippen MR) is 61.9 cm³/mol. The van der Waals surface area contributed by atoms with Gasteiger partial charge in [-0.05, 0) is 35.9 Å². The first-order valence-electron chi connectivity index (χ1n) is 5.15. The van der Waals surface area contributed by atoms with Gasteiger partial charge in [-0.25, -0.2) is 4.39 Å². The van der Waals surface area contributed by atoms with Crippen LogP contribution in [0.5, 0.6) is 5.75 Å². The van der Waals surface area contributed by atoms with E-state index in [4.69, 9.17) is 10.00 Å². The second-order valence-electron chi connectivity index (χ2n) is 3.56. The fourth-order valence-corrected chi connectivity index (χ4v) is 1.48. The third-order valence-electron chi connectivity index (χ3n) is 2.24. The molecule has 0 spiro atoms. The van der Waals surface area contributed by atoms with Gasteiger partial charge in [-0.15, -0.1) is 0 Å². The third kappa shape index (κ3) is 3.05. The van der Waals surface area contributed by atoms with Gasteiger partial charge in [0.25, 0.3) is 0 Å².